The number of halogens is 3. The average molecular weight is 154 g/mol. The molecule has 9 heavy (non-hydrogen) atoms. The van der Waals surface area contributed by atoms with Gasteiger partial charge < -0.3 is 0 Å². The Morgan fingerprint density at radius 2 is 2.00 bits per heavy atom. The van der Waals surface area contributed by atoms with E-state index in [1.807, 2.05) is 0 Å². The molecule has 0 aromatic rings. The Hall–Kier alpha value is -0.320. The molecule has 0 atom stereocenters. The van der Waals surface area contributed by atoms with Crippen LogP contribution in [0.1, 0.15) is 0 Å². The first-order valence-corrected chi connectivity index (χ1v) is 2.97. The van der Waals surface area contributed by atoms with E-state index < -0.39 is 6.30 Å². The molecule has 0 aromatic heterocycles. The zero-order chi connectivity index (χ0) is 6.91. The van der Waals surface area contributed by atoms with Crippen molar-refractivity contribution >= 4 is 11.9 Å². The summed E-state index contributed by atoms with van der Waals surface area (Å²) in [6.45, 7) is 0. The summed E-state index contributed by atoms with van der Waals surface area (Å²) in [6.07, 6.45) is -1.92. The van der Waals surface area contributed by atoms with Gasteiger partial charge >= 0.3 is 6.30 Å². The second kappa shape index (κ2) is 2.13. The fourth-order valence-electron chi connectivity index (χ4n) is 0.393. The zero-order valence-electron chi connectivity index (χ0n) is 4.22. The van der Waals surface area contributed by atoms with Crippen molar-refractivity contribution in [1.82, 2.24) is 4.31 Å². The summed E-state index contributed by atoms with van der Waals surface area (Å²) in [5.41, 5.74) is 0. The number of rotatable bonds is 0. The van der Waals surface area contributed by atoms with Crippen molar-refractivity contribution in [2.45, 2.75) is 6.30 Å². The molecule has 51 valence electrons. The molecule has 1 radical (unpaired) electrons. The second-order valence-electron chi connectivity index (χ2n) is 1.38. The van der Waals surface area contributed by atoms with Gasteiger partial charge in [-0.1, -0.05) is 6.08 Å². The van der Waals surface area contributed by atoms with Crippen LogP contribution >= 0.6 is 11.9 Å². The maximum Gasteiger partial charge on any atom is 0.494 e. The van der Waals surface area contributed by atoms with Crippen molar-refractivity contribution in [3.8, 4) is 0 Å². The van der Waals surface area contributed by atoms with E-state index in [9.17, 15) is 13.2 Å². The molecular formula is C4H3F3NS. The van der Waals surface area contributed by atoms with Crippen LogP contribution in [0.4, 0.5) is 13.2 Å². The molecular weight excluding hydrogens is 151 g/mol. The van der Waals surface area contributed by atoms with Crippen LogP contribution in [-0.2, 0) is 0 Å². The molecule has 0 N–H and O–H groups in total. The zero-order valence-corrected chi connectivity index (χ0v) is 5.04. The van der Waals surface area contributed by atoms with Crippen molar-refractivity contribution in [3.63, 3.8) is 0 Å². The Labute approximate surface area is 54.7 Å². The maximum absolute atomic E-state index is 11.6. The van der Waals surface area contributed by atoms with Crippen LogP contribution in [0.25, 0.3) is 0 Å². The van der Waals surface area contributed by atoms with E-state index in [2.05, 4.69) is 0 Å². The lowest BCUT2D eigenvalue weighted by atomic mass is 10.7. The van der Waals surface area contributed by atoms with Crippen molar-refractivity contribution < 1.29 is 13.2 Å². The summed E-state index contributed by atoms with van der Waals surface area (Å²) >= 11 is 0.622. The molecule has 0 spiro atoms. The summed E-state index contributed by atoms with van der Waals surface area (Å²) in [4.78, 5) is 0. The minimum atomic E-state index is -4.24. The van der Waals surface area contributed by atoms with E-state index in [1.165, 1.54) is 11.8 Å². The number of hydrogen-bond donors (Lipinski definition) is 0. The van der Waals surface area contributed by atoms with Crippen LogP contribution in [0, 0.1) is 5.75 Å². The molecule has 1 rings (SSSR count). The van der Waals surface area contributed by atoms with Gasteiger partial charge in [-0.3, -0.25) is 0 Å². The van der Waals surface area contributed by atoms with E-state index in [-0.39, 0.29) is 4.31 Å². The summed E-state index contributed by atoms with van der Waals surface area (Å²) in [7, 11) is 0. The third-order valence-corrected chi connectivity index (χ3v) is 1.56. The van der Waals surface area contributed by atoms with Crippen molar-refractivity contribution in [1.29, 1.82) is 0 Å². The van der Waals surface area contributed by atoms with Crippen LogP contribution in [0.5, 0.6) is 0 Å². The molecule has 0 fully saturated rings. The molecule has 1 aliphatic rings. The van der Waals surface area contributed by atoms with E-state index >= 15 is 0 Å². The van der Waals surface area contributed by atoms with E-state index in [4.69, 9.17) is 0 Å². The normalized spacial score (nSPS) is 19.2. The lowest BCUT2D eigenvalue weighted by Crippen LogP contribution is -2.24. The molecule has 0 aliphatic carbocycles. The topological polar surface area (TPSA) is 3.24 Å². The summed E-state index contributed by atoms with van der Waals surface area (Å²) < 4.78 is 35.0. The highest BCUT2D eigenvalue weighted by Crippen LogP contribution is 2.34. The van der Waals surface area contributed by atoms with E-state index in [0.29, 0.717) is 11.9 Å². The standard InChI is InChI=1S/C4H3F3NS/c5-4(6,7)8-2-1-3-9-8/h1-3H. The molecule has 0 aromatic carbocycles. The fraction of sp³-hybridized carbons (Fsp3) is 0.250. The van der Waals surface area contributed by atoms with Crippen LogP contribution in [0.2, 0.25) is 0 Å². The average Bonchev–Trinajstić information content (AvgIpc) is 2.08. The predicted octanol–water partition coefficient (Wildman–Crippen LogP) is 2.15. The highest BCUT2D eigenvalue weighted by atomic mass is 32.2. The monoisotopic (exact) mass is 154 g/mol. The Balaban J connectivity index is 2.53. The molecule has 0 amide bonds. The van der Waals surface area contributed by atoms with Crippen molar-refractivity contribution in [2.75, 3.05) is 0 Å². The lowest BCUT2D eigenvalue weighted by Gasteiger charge is -2.16. The Kier molecular flexibility index (Phi) is 1.61. The first-order chi connectivity index (χ1) is 4.11. The predicted molar refractivity (Wildman–Crippen MR) is 28.9 cm³/mol. The smallest absolute Gasteiger partial charge is 0.233 e. The van der Waals surface area contributed by atoms with Gasteiger partial charge in [0.1, 0.15) is 0 Å². The third-order valence-electron chi connectivity index (χ3n) is 0.724. The van der Waals surface area contributed by atoms with Crippen LogP contribution in [0.3, 0.4) is 0 Å². The molecule has 0 saturated carbocycles. The van der Waals surface area contributed by atoms with Gasteiger partial charge in [0, 0.05) is 6.20 Å². The van der Waals surface area contributed by atoms with Gasteiger partial charge in [0.05, 0.1) is 5.75 Å². The minimum absolute atomic E-state index is 0.229. The Morgan fingerprint density at radius 1 is 1.33 bits per heavy atom. The second-order valence-corrected chi connectivity index (χ2v) is 2.25. The van der Waals surface area contributed by atoms with Crippen LogP contribution in [-0.4, -0.2) is 10.6 Å². The first kappa shape index (κ1) is 6.80. The SMILES string of the molecule is FC(F)(F)N1C=C[CH]S1. The van der Waals surface area contributed by atoms with E-state index in [1.54, 1.807) is 0 Å². The maximum atomic E-state index is 11.6. The summed E-state index contributed by atoms with van der Waals surface area (Å²) in [5, 5.41) is 0. The van der Waals surface area contributed by atoms with Crippen LogP contribution < -0.4 is 0 Å². The van der Waals surface area contributed by atoms with Gasteiger partial charge in [-0.2, -0.15) is 0 Å². The molecule has 1 nitrogen and oxygen atoms in total. The molecule has 0 unspecified atom stereocenters. The Bertz CT molecular complexity index is 130. The van der Waals surface area contributed by atoms with Gasteiger partial charge in [-0.05, 0) is 11.9 Å². The van der Waals surface area contributed by atoms with Gasteiger partial charge in [-0.25, -0.2) is 4.31 Å². The molecule has 0 bridgehead atoms. The molecule has 1 heterocycles. The van der Waals surface area contributed by atoms with Gasteiger partial charge in [0.25, 0.3) is 0 Å². The number of nitrogens with zero attached hydrogens (tertiary/aromatic N) is 1. The highest BCUT2D eigenvalue weighted by Gasteiger charge is 2.36. The van der Waals surface area contributed by atoms with Gasteiger partial charge in [0.15, 0.2) is 0 Å². The number of hydrogen-bond acceptors (Lipinski definition) is 2. The molecule has 0 saturated heterocycles. The van der Waals surface area contributed by atoms with Gasteiger partial charge in [-0.15, -0.1) is 13.2 Å². The van der Waals surface area contributed by atoms with Crippen molar-refractivity contribution in [2.24, 2.45) is 0 Å². The quantitative estimate of drug-likeness (QED) is 0.388. The lowest BCUT2D eigenvalue weighted by molar-refractivity contribution is -0.191. The summed E-state index contributed by atoms with van der Waals surface area (Å²) in [6, 6.07) is 0. The van der Waals surface area contributed by atoms with Crippen molar-refractivity contribution in [3.05, 3.63) is 18.0 Å². The molecule has 5 heteroatoms. The minimum Gasteiger partial charge on any atom is -0.233 e. The first-order valence-electron chi connectivity index (χ1n) is 2.13. The molecule has 1 aliphatic heterocycles. The van der Waals surface area contributed by atoms with E-state index in [0.717, 1.165) is 6.20 Å². The van der Waals surface area contributed by atoms with Crippen LogP contribution in [0.15, 0.2) is 12.3 Å². The fourth-order valence-corrected chi connectivity index (χ4v) is 0.925. The highest BCUT2D eigenvalue weighted by molar-refractivity contribution is 7.99. The number of alkyl halides is 3. The third kappa shape index (κ3) is 1.54. The largest absolute Gasteiger partial charge is 0.494 e. The van der Waals surface area contributed by atoms with Gasteiger partial charge in [0.2, 0.25) is 0 Å². The summed E-state index contributed by atoms with van der Waals surface area (Å²) in [5.74, 6) is 1.37. The Morgan fingerprint density at radius 3 is 2.22 bits per heavy atom.